The summed E-state index contributed by atoms with van der Waals surface area (Å²) in [4.78, 5) is 7.85. The van der Waals surface area contributed by atoms with Crippen LogP contribution in [0.4, 0.5) is 0 Å². The zero-order valence-corrected chi connectivity index (χ0v) is 25.7. The van der Waals surface area contributed by atoms with Gasteiger partial charge in [0.15, 0.2) is 5.88 Å². The molecule has 1 aromatic rings. The average Bonchev–Trinajstić information content (AvgIpc) is 3.70. The first kappa shape index (κ1) is 32.2. The molecule has 1 aromatic carbocycles. The van der Waals surface area contributed by atoms with Gasteiger partial charge in [-0.3, -0.25) is 0 Å². The predicted molar refractivity (Wildman–Crippen MR) is 163 cm³/mol. The van der Waals surface area contributed by atoms with Crippen LogP contribution in [0, 0.1) is 0 Å². The predicted octanol–water partition coefficient (Wildman–Crippen LogP) is 9.38. The number of halogens is 1. The van der Waals surface area contributed by atoms with Crippen LogP contribution >= 0.6 is 23.4 Å². The number of aliphatic imine (C=N–C) groups is 1. The highest BCUT2D eigenvalue weighted by Gasteiger charge is 2.24. The lowest BCUT2D eigenvalue weighted by atomic mass is 10.1. The molecule has 1 saturated heterocycles. The SMILES string of the molecule is C=C(/C=C(\N=C/C)OC1CCN(/C(=C\CC)OC(C)C)CC1)Oc1ccc(SC2CC2)cc1Cl.CCCC. The summed E-state index contributed by atoms with van der Waals surface area (Å²) in [6.45, 7) is 18.2. The number of allylic oxidation sites excluding steroid dienone is 2. The Kier molecular flexibility index (Phi) is 14.8. The van der Waals surface area contributed by atoms with E-state index in [0.717, 1.165) is 43.5 Å². The van der Waals surface area contributed by atoms with Gasteiger partial charge in [0.1, 0.15) is 17.6 Å². The highest BCUT2D eigenvalue weighted by Crippen LogP contribution is 2.41. The fraction of sp³-hybridized carbons (Fsp3) is 0.581. The normalized spacial score (nSPS) is 16.9. The molecule has 0 N–H and O–H groups in total. The molecule has 0 unspecified atom stereocenters. The van der Waals surface area contributed by atoms with E-state index in [0.29, 0.717) is 22.4 Å². The van der Waals surface area contributed by atoms with Crippen LogP contribution in [0.3, 0.4) is 0 Å². The van der Waals surface area contributed by atoms with E-state index in [4.69, 9.17) is 25.8 Å². The minimum Gasteiger partial charge on any atom is -0.477 e. The molecule has 1 saturated carbocycles. The van der Waals surface area contributed by atoms with Crippen molar-refractivity contribution in [2.45, 2.75) is 109 Å². The van der Waals surface area contributed by atoms with Gasteiger partial charge in [-0.15, -0.1) is 11.8 Å². The Morgan fingerprint density at radius 1 is 1.16 bits per heavy atom. The lowest BCUT2D eigenvalue weighted by Crippen LogP contribution is -2.37. The maximum Gasteiger partial charge on any atom is 0.216 e. The van der Waals surface area contributed by atoms with Crippen LogP contribution in [0.25, 0.3) is 0 Å². The third-order valence-electron chi connectivity index (χ3n) is 5.79. The van der Waals surface area contributed by atoms with E-state index in [2.05, 4.69) is 57.2 Å². The van der Waals surface area contributed by atoms with Crippen molar-refractivity contribution in [3.8, 4) is 5.75 Å². The van der Waals surface area contributed by atoms with Crippen molar-refractivity contribution in [3.05, 3.63) is 59.5 Å². The van der Waals surface area contributed by atoms with E-state index in [9.17, 15) is 0 Å². The number of hydrogen-bond donors (Lipinski definition) is 0. The number of unbranched alkanes of at least 4 members (excludes halogenated alkanes) is 1. The van der Waals surface area contributed by atoms with E-state index in [1.54, 1.807) is 12.3 Å². The molecule has 1 aliphatic carbocycles. The summed E-state index contributed by atoms with van der Waals surface area (Å²) in [7, 11) is 0. The van der Waals surface area contributed by atoms with Crippen molar-refractivity contribution in [3.63, 3.8) is 0 Å². The molecule has 7 heteroatoms. The van der Waals surface area contributed by atoms with Crippen molar-refractivity contribution in [1.82, 2.24) is 4.90 Å². The Balaban J connectivity index is 0.00000118. The maximum absolute atomic E-state index is 6.44. The third-order valence-corrected chi connectivity index (χ3v) is 7.41. The summed E-state index contributed by atoms with van der Waals surface area (Å²) in [5.41, 5.74) is 0. The Morgan fingerprint density at radius 2 is 1.84 bits per heavy atom. The molecule has 0 bridgehead atoms. The molecule has 0 radical (unpaired) electrons. The number of ether oxygens (including phenoxy) is 3. The molecular weight excluding hydrogens is 516 g/mol. The summed E-state index contributed by atoms with van der Waals surface area (Å²) in [6.07, 6.45) is 13.7. The van der Waals surface area contributed by atoms with E-state index >= 15 is 0 Å². The molecule has 0 amide bonds. The Morgan fingerprint density at radius 3 is 2.37 bits per heavy atom. The van der Waals surface area contributed by atoms with Gasteiger partial charge in [-0.1, -0.05) is 51.8 Å². The molecular formula is C31H47ClN2O3S. The molecule has 3 rings (SSSR count). The van der Waals surface area contributed by atoms with Crippen LogP contribution in [0.15, 0.2) is 64.3 Å². The molecule has 0 atom stereocenters. The topological polar surface area (TPSA) is 43.3 Å². The summed E-state index contributed by atoms with van der Waals surface area (Å²) >= 11 is 8.31. The quantitative estimate of drug-likeness (QED) is 0.136. The van der Waals surface area contributed by atoms with E-state index in [1.807, 2.05) is 36.9 Å². The minimum absolute atomic E-state index is 0.0725. The van der Waals surface area contributed by atoms with Crippen LogP contribution in [-0.4, -0.2) is 41.7 Å². The molecule has 5 nitrogen and oxygen atoms in total. The fourth-order valence-electron chi connectivity index (χ4n) is 3.59. The van der Waals surface area contributed by atoms with Gasteiger partial charge >= 0.3 is 0 Å². The standard InChI is InChI=1S/C27H37ClN2O3S.C4H10/c1-6-8-27(31-19(3)4)30-15-13-21(14-16-30)33-26(29-7-2)17-20(5)32-25-12-11-23(18-24(25)28)34-22-9-10-22;1-3-4-2/h7-8,11-12,17-19,21-22H,5-6,9-10,13-16H2,1-4H3;3-4H2,1-2H3/b26-17+,27-8+,29-7-;. The van der Waals surface area contributed by atoms with Gasteiger partial charge in [0.05, 0.1) is 11.1 Å². The number of thioether (sulfide) groups is 1. The van der Waals surface area contributed by atoms with Gasteiger partial charge in [-0.25, -0.2) is 4.99 Å². The highest BCUT2D eigenvalue weighted by atomic mass is 35.5. The number of likely N-dealkylation sites (tertiary alicyclic amines) is 1. The summed E-state index contributed by atoms with van der Waals surface area (Å²) < 4.78 is 18.1. The molecule has 1 aliphatic heterocycles. The van der Waals surface area contributed by atoms with Crippen LogP contribution < -0.4 is 4.74 Å². The van der Waals surface area contributed by atoms with Gasteiger partial charge in [0.2, 0.25) is 5.88 Å². The van der Waals surface area contributed by atoms with Gasteiger partial charge in [0.25, 0.3) is 0 Å². The fourth-order valence-corrected chi connectivity index (χ4v) is 4.96. The van der Waals surface area contributed by atoms with Crippen molar-refractivity contribution in [1.29, 1.82) is 0 Å². The van der Waals surface area contributed by atoms with Crippen LogP contribution in [0.5, 0.6) is 5.75 Å². The number of rotatable bonds is 13. The molecule has 0 spiro atoms. The smallest absolute Gasteiger partial charge is 0.216 e. The summed E-state index contributed by atoms with van der Waals surface area (Å²) in [5.74, 6) is 2.47. The van der Waals surface area contributed by atoms with Crippen LogP contribution in [0.1, 0.15) is 86.5 Å². The van der Waals surface area contributed by atoms with Crippen LogP contribution in [-0.2, 0) is 9.47 Å². The lowest BCUT2D eigenvalue weighted by molar-refractivity contribution is 0.0168. The molecule has 1 heterocycles. The Labute approximate surface area is 240 Å². The van der Waals surface area contributed by atoms with E-state index < -0.39 is 0 Å². The van der Waals surface area contributed by atoms with Crippen LogP contribution in [0.2, 0.25) is 5.02 Å². The monoisotopic (exact) mass is 562 g/mol. The molecule has 2 fully saturated rings. The number of hydrogen-bond acceptors (Lipinski definition) is 6. The van der Waals surface area contributed by atoms with Crippen molar-refractivity contribution < 1.29 is 14.2 Å². The zero-order chi connectivity index (χ0) is 27.9. The Hall–Kier alpha value is -2.05. The van der Waals surface area contributed by atoms with Crippen molar-refractivity contribution in [2.75, 3.05) is 13.1 Å². The minimum atomic E-state index is 0.0725. The first-order valence-electron chi connectivity index (χ1n) is 14.1. The second-order valence-corrected chi connectivity index (χ2v) is 11.6. The van der Waals surface area contributed by atoms with Gasteiger partial charge in [0, 0.05) is 48.4 Å². The molecule has 212 valence electrons. The average molecular weight is 563 g/mol. The maximum atomic E-state index is 6.44. The van der Waals surface area contributed by atoms with Gasteiger partial charge < -0.3 is 19.1 Å². The molecule has 2 aliphatic rings. The van der Waals surface area contributed by atoms with Crippen molar-refractivity contribution >= 4 is 29.6 Å². The summed E-state index contributed by atoms with van der Waals surface area (Å²) in [6, 6.07) is 5.89. The number of piperidine rings is 1. The van der Waals surface area contributed by atoms with Crippen molar-refractivity contribution in [2.24, 2.45) is 4.99 Å². The Bertz CT molecular complexity index is 946. The number of benzene rings is 1. The van der Waals surface area contributed by atoms with Gasteiger partial charge in [-0.05, 0) is 64.3 Å². The zero-order valence-electron chi connectivity index (χ0n) is 24.2. The van der Waals surface area contributed by atoms with E-state index in [1.165, 1.54) is 30.6 Å². The first-order chi connectivity index (χ1) is 18.3. The second-order valence-electron chi connectivity index (χ2n) is 9.77. The summed E-state index contributed by atoms with van der Waals surface area (Å²) in [5, 5.41) is 1.31. The van der Waals surface area contributed by atoms with Gasteiger partial charge in [-0.2, -0.15) is 0 Å². The largest absolute Gasteiger partial charge is 0.477 e. The second kappa shape index (κ2) is 17.5. The highest BCUT2D eigenvalue weighted by molar-refractivity contribution is 8.00. The lowest BCUT2D eigenvalue weighted by Gasteiger charge is -2.35. The number of nitrogens with zero attached hydrogens (tertiary/aromatic N) is 2. The molecule has 0 aromatic heterocycles. The first-order valence-corrected chi connectivity index (χ1v) is 15.4. The van der Waals surface area contributed by atoms with E-state index in [-0.39, 0.29) is 12.2 Å². The third kappa shape index (κ3) is 12.2. The molecule has 38 heavy (non-hydrogen) atoms.